The average molecular weight is 407 g/mol. The van der Waals surface area contributed by atoms with Crippen LogP contribution in [-0.2, 0) is 19.3 Å². The normalized spacial score (nSPS) is 10.7. The zero-order chi connectivity index (χ0) is 21.6. The van der Waals surface area contributed by atoms with Gasteiger partial charge in [-0.05, 0) is 66.5 Å². The topological polar surface area (TPSA) is 0 Å². The molecule has 4 rings (SSSR count). The van der Waals surface area contributed by atoms with E-state index in [9.17, 15) is 0 Å². The zero-order valence-electron chi connectivity index (χ0n) is 18.2. The van der Waals surface area contributed by atoms with Gasteiger partial charge in [-0.2, -0.15) is 0 Å². The second-order valence-corrected chi connectivity index (χ2v) is 8.17. The number of rotatable bonds is 5. The van der Waals surface area contributed by atoms with Gasteiger partial charge in [0.05, 0.1) is 5.56 Å². The second-order valence-electron chi connectivity index (χ2n) is 8.17. The van der Waals surface area contributed by atoms with Crippen LogP contribution in [0.2, 0.25) is 0 Å². The van der Waals surface area contributed by atoms with E-state index < -0.39 is 0 Å². The van der Waals surface area contributed by atoms with Crippen molar-refractivity contribution < 1.29 is 4.39 Å². The first-order valence-corrected chi connectivity index (χ1v) is 11.0. The van der Waals surface area contributed by atoms with Crippen molar-refractivity contribution in [2.45, 2.75) is 39.5 Å². The summed E-state index contributed by atoms with van der Waals surface area (Å²) >= 11 is 0. The van der Waals surface area contributed by atoms with E-state index in [2.05, 4.69) is 49.1 Å². The van der Waals surface area contributed by atoms with E-state index in [4.69, 9.17) is 0 Å². The van der Waals surface area contributed by atoms with Crippen molar-refractivity contribution in [2.75, 3.05) is 0 Å². The van der Waals surface area contributed by atoms with Crippen LogP contribution in [0.1, 0.15) is 46.7 Å². The summed E-state index contributed by atoms with van der Waals surface area (Å²) < 4.78 is 15.0. The molecule has 0 aliphatic rings. The molecule has 0 bridgehead atoms. The molecule has 0 unspecified atom stereocenters. The Bertz CT molecular complexity index is 1240. The largest absolute Gasteiger partial charge is 0.205 e. The van der Waals surface area contributed by atoms with Crippen LogP contribution in [-0.4, -0.2) is 0 Å². The molecule has 0 aliphatic carbocycles. The number of fused-ring (bicyclic) bond motifs is 1. The van der Waals surface area contributed by atoms with Gasteiger partial charge >= 0.3 is 0 Å². The maximum Gasteiger partial charge on any atom is 0.146 e. The second kappa shape index (κ2) is 9.63. The zero-order valence-corrected chi connectivity index (χ0v) is 18.2. The van der Waals surface area contributed by atoms with Gasteiger partial charge in [0, 0.05) is 10.9 Å². The van der Waals surface area contributed by atoms with E-state index in [0.717, 1.165) is 30.2 Å². The van der Waals surface area contributed by atoms with Gasteiger partial charge in [-0.25, -0.2) is 4.39 Å². The first kappa shape index (κ1) is 20.9. The molecule has 0 aliphatic heterocycles. The predicted octanol–water partition coefficient (Wildman–Crippen LogP) is 7.42. The lowest BCUT2D eigenvalue weighted by Crippen LogP contribution is -1.94. The van der Waals surface area contributed by atoms with Crippen LogP contribution < -0.4 is 0 Å². The number of hydrogen-bond donors (Lipinski definition) is 0. The van der Waals surface area contributed by atoms with Crippen molar-refractivity contribution in [3.63, 3.8) is 0 Å². The molecule has 4 aromatic carbocycles. The smallest absolute Gasteiger partial charge is 0.146 e. The molecule has 0 aromatic heterocycles. The maximum absolute atomic E-state index is 15.0. The minimum absolute atomic E-state index is 0.241. The fourth-order valence-electron chi connectivity index (χ4n) is 3.82. The fourth-order valence-corrected chi connectivity index (χ4v) is 3.82. The number of benzene rings is 4. The van der Waals surface area contributed by atoms with Crippen LogP contribution >= 0.6 is 0 Å². The SMILES string of the molecule is CCCc1ccc(CCc2ccc3c(F)c(C#Cc4ccc(C)cc4)ccc3c2)cc1. The quantitative estimate of drug-likeness (QED) is 0.302. The minimum Gasteiger partial charge on any atom is -0.205 e. The summed E-state index contributed by atoms with van der Waals surface area (Å²) in [5, 5.41) is 1.55. The van der Waals surface area contributed by atoms with Gasteiger partial charge in [-0.3, -0.25) is 0 Å². The molecule has 0 spiro atoms. The summed E-state index contributed by atoms with van der Waals surface area (Å²) in [6, 6.07) is 26.7. The number of halogens is 1. The summed E-state index contributed by atoms with van der Waals surface area (Å²) in [4.78, 5) is 0. The van der Waals surface area contributed by atoms with E-state index in [-0.39, 0.29) is 5.82 Å². The third kappa shape index (κ3) is 5.22. The average Bonchev–Trinajstić information content (AvgIpc) is 2.79. The van der Waals surface area contributed by atoms with Crippen LogP contribution in [0.3, 0.4) is 0 Å². The van der Waals surface area contributed by atoms with Crippen LogP contribution in [0.25, 0.3) is 10.8 Å². The van der Waals surface area contributed by atoms with E-state index >= 15 is 4.39 Å². The predicted molar refractivity (Wildman–Crippen MR) is 129 cm³/mol. The van der Waals surface area contributed by atoms with Gasteiger partial charge in [0.25, 0.3) is 0 Å². The summed E-state index contributed by atoms with van der Waals surface area (Å²) in [6.45, 7) is 4.24. The Labute approximate surface area is 184 Å². The van der Waals surface area contributed by atoms with Crippen LogP contribution in [0.5, 0.6) is 0 Å². The molecule has 4 aromatic rings. The Morgan fingerprint density at radius 2 is 1.32 bits per heavy atom. The highest BCUT2D eigenvalue weighted by molar-refractivity contribution is 5.85. The summed E-state index contributed by atoms with van der Waals surface area (Å²) in [7, 11) is 0. The molecule has 0 atom stereocenters. The van der Waals surface area contributed by atoms with Crippen LogP contribution in [0, 0.1) is 24.6 Å². The number of hydrogen-bond acceptors (Lipinski definition) is 0. The molecule has 0 nitrogen and oxygen atoms in total. The Hall–Kier alpha value is -3.37. The van der Waals surface area contributed by atoms with Crippen molar-refractivity contribution >= 4 is 10.8 Å². The molecule has 1 heteroatoms. The molecule has 0 amide bonds. The van der Waals surface area contributed by atoms with Crippen molar-refractivity contribution in [2.24, 2.45) is 0 Å². The Morgan fingerprint density at radius 3 is 2.03 bits per heavy atom. The van der Waals surface area contributed by atoms with Crippen molar-refractivity contribution in [3.8, 4) is 11.8 Å². The minimum atomic E-state index is -0.241. The molecular weight excluding hydrogens is 379 g/mol. The fraction of sp³-hybridized carbons (Fsp3) is 0.200. The molecule has 0 saturated heterocycles. The molecule has 154 valence electrons. The number of aryl methyl sites for hydroxylation is 4. The Kier molecular flexibility index (Phi) is 6.48. The Morgan fingerprint density at radius 1 is 0.677 bits per heavy atom. The molecule has 0 radical (unpaired) electrons. The lowest BCUT2D eigenvalue weighted by atomic mass is 9.98. The van der Waals surface area contributed by atoms with Gasteiger partial charge in [-0.1, -0.05) is 91.4 Å². The van der Waals surface area contributed by atoms with E-state index in [1.54, 1.807) is 6.07 Å². The molecule has 0 fully saturated rings. The van der Waals surface area contributed by atoms with Crippen molar-refractivity contribution in [1.29, 1.82) is 0 Å². The Balaban J connectivity index is 1.49. The highest BCUT2D eigenvalue weighted by Crippen LogP contribution is 2.23. The lowest BCUT2D eigenvalue weighted by Gasteiger charge is -2.07. The monoisotopic (exact) mass is 406 g/mol. The summed E-state index contributed by atoms with van der Waals surface area (Å²) in [6.07, 6.45) is 4.24. The van der Waals surface area contributed by atoms with Crippen molar-refractivity contribution in [1.82, 2.24) is 0 Å². The van der Waals surface area contributed by atoms with Gasteiger partial charge in [0.1, 0.15) is 5.82 Å². The molecule has 0 saturated carbocycles. The van der Waals surface area contributed by atoms with E-state index in [1.807, 2.05) is 49.4 Å². The third-order valence-corrected chi connectivity index (χ3v) is 5.68. The van der Waals surface area contributed by atoms with Gasteiger partial charge in [0.2, 0.25) is 0 Å². The molecule has 0 heterocycles. The molecule has 0 N–H and O–H groups in total. The highest BCUT2D eigenvalue weighted by Gasteiger charge is 2.07. The standard InChI is InChI=1S/C30H27F/c1-3-4-23-9-11-25(12-10-23)13-14-26-16-20-29-28(21-26)19-18-27(30(29)31)17-15-24-7-5-22(2)6-8-24/h5-12,16,18-21H,3-4,13-14H2,1-2H3. The van der Waals surface area contributed by atoms with E-state index in [0.29, 0.717) is 10.9 Å². The summed E-state index contributed by atoms with van der Waals surface area (Å²) in [5.74, 6) is 5.82. The maximum atomic E-state index is 15.0. The van der Waals surface area contributed by atoms with E-state index in [1.165, 1.54) is 28.7 Å². The van der Waals surface area contributed by atoms with Crippen LogP contribution in [0.15, 0.2) is 78.9 Å². The van der Waals surface area contributed by atoms with Gasteiger partial charge in [-0.15, -0.1) is 0 Å². The molecule has 31 heavy (non-hydrogen) atoms. The van der Waals surface area contributed by atoms with Gasteiger partial charge in [0.15, 0.2) is 0 Å². The first-order chi connectivity index (χ1) is 15.1. The van der Waals surface area contributed by atoms with Crippen LogP contribution in [0.4, 0.5) is 4.39 Å². The lowest BCUT2D eigenvalue weighted by molar-refractivity contribution is 0.636. The summed E-state index contributed by atoms with van der Waals surface area (Å²) in [5.41, 5.74) is 6.48. The third-order valence-electron chi connectivity index (χ3n) is 5.68. The highest BCUT2D eigenvalue weighted by atomic mass is 19.1. The molecular formula is C30H27F. The van der Waals surface area contributed by atoms with Crippen molar-refractivity contribution in [3.05, 3.63) is 118 Å². The first-order valence-electron chi connectivity index (χ1n) is 11.0. The van der Waals surface area contributed by atoms with Gasteiger partial charge < -0.3 is 0 Å².